The molecular formula is C11H14N2O4. The van der Waals surface area contributed by atoms with Gasteiger partial charge in [-0.2, -0.15) is 4.91 Å². The van der Waals surface area contributed by atoms with E-state index < -0.39 is 4.92 Å². The normalized spacial score (nSPS) is 10.3. The lowest BCUT2D eigenvalue weighted by molar-refractivity contribution is -0.385. The van der Waals surface area contributed by atoms with Crippen LogP contribution in [0.25, 0.3) is 0 Å². The molecule has 0 bridgehead atoms. The van der Waals surface area contributed by atoms with Gasteiger partial charge in [0.2, 0.25) is 0 Å². The number of rotatable bonds is 6. The maximum absolute atomic E-state index is 10.7. The Morgan fingerprint density at radius 3 is 2.71 bits per heavy atom. The Labute approximate surface area is 98.7 Å². The molecule has 0 radical (unpaired) electrons. The lowest BCUT2D eigenvalue weighted by Crippen LogP contribution is -2.05. The molecule has 17 heavy (non-hydrogen) atoms. The monoisotopic (exact) mass is 238 g/mol. The molecule has 6 heteroatoms. The van der Waals surface area contributed by atoms with Gasteiger partial charge in [0.25, 0.3) is 5.69 Å². The van der Waals surface area contributed by atoms with Gasteiger partial charge in [0, 0.05) is 6.07 Å². The van der Waals surface area contributed by atoms with Crippen LogP contribution in [0.2, 0.25) is 0 Å². The first kappa shape index (κ1) is 13.1. The Balaban J connectivity index is 2.92. The third kappa shape index (κ3) is 3.82. The van der Waals surface area contributed by atoms with E-state index in [9.17, 15) is 15.0 Å². The lowest BCUT2D eigenvalue weighted by atomic mass is 10.1. The quantitative estimate of drug-likeness (QED) is 0.433. The van der Waals surface area contributed by atoms with Crippen molar-refractivity contribution in [3.8, 4) is 5.75 Å². The van der Waals surface area contributed by atoms with E-state index >= 15 is 0 Å². The first-order valence-electron chi connectivity index (χ1n) is 5.23. The number of nitro benzene ring substituents is 1. The van der Waals surface area contributed by atoms with Crippen LogP contribution in [0.4, 0.5) is 5.69 Å². The van der Waals surface area contributed by atoms with Crippen molar-refractivity contribution in [3.05, 3.63) is 38.8 Å². The second-order valence-corrected chi connectivity index (χ2v) is 4.04. The fraction of sp³-hybridized carbons (Fsp3) is 0.455. The highest BCUT2D eigenvalue weighted by Gasteiger charge is 2.14. The minimum atomic E-state index is -0.535. The SMILES string of the molecule is CC(C)COc1ccc([N+](=O)[O-])c(CN=O)c1. The zero-order valence-electron chi connectivity index (χ0n) is 9.75. The molecule has 0 aromatic heterocycles. The Bertz CT molecular complexity index is 418. The smallest absolute Gasteiger partial charge is 0.274 e. The molecule has 0 spiro atoms. The van der Waals surface area contributed by atoms with Gasteiger partial charge in [0.1, 0.15) is 12.3 Å². The molecule has 0 aliphatic carbocycles. The third-order valence-electron chi connectivity index (χ3n) is 2.07. The number of ether oxygens (including phenoxy) is 1. The van der Waals surface area contributed by atoms with Crippen molar-refractivity contribution in [1.82, 2.24) is 0 Å². The summed E-state index contributed by atoms with van der Waals surface area (Å²) in [4.78, 5) is 20.4. The van der Waals surface area contributed by atoms with Crippen LogP contribution in [0.15, 0.2) is 23.4 Å². The van der Waals surface area contributed by atoms with Gasteiger partial charge in [-0.3, -0.25) is 10.1 Å². The van der Waals surface area contributed by atoms with Gasteiger partial charge in [0.15, 0.2) is 0 Å². The third-order valence-corrected chi connectivity index (χ3v) is 2.07. The average Bonchev–Trinajstić information content (AvgIpc) is 2.26. The molecule has 0 unspecified atom stereocenters. The van der Waals surface area contributed by atoms with Crippen molar-refractivity contribution in [2.24, 2.45) is 11.1 Å². The number of nitro groups is 1. The van der Waals surface area contributed by atoms with Crippen LogP contribution >= 0.6 is 0 Å². The van der Waals surface area contributed by atoms with E-state index in [4.69, 9.17) is 4.74 Å². The predicted octanol–water partition coefficient (Wildman–Crippen LogP) is 2.90. The number of nitroso groups, excluding NO2 is 1. The fourth-order valence-corrected chi connectivity index (χ4v) is 1.29. The maximum atomic E-state index is 10.7. The van der Waals surface area contributed by atoms with E-state index in [2.05, 4.69) is 5.18 Å². The van der Waals surface area contributed by atoms with Gasteiger partial charge in [-0.1, -0.05) is 19.0 Å². The van der Waals surface area contributed by atoms with E-state index in [1.807, 2.05) is 13.8 Å². The second-order valence-electron chi connectivity index (χ2n) is 4.04. The molecule has 0 heterocycles. The molecule has 1 aromatic carbocycles. The summed E-state index contributed by atoms with van der Waals surface area (Å²) in [6.07, 6.45) is 0. The van der Waals surface area contributed by atoms with Crippen LogP contribution in [0.5, 0.6) is 5.75 Å². The Hall–Kier alpha value is -1.98. The van der Waals surface area contributed by atoms with Crippen LogP contribution in [-0.4, -0.2) is 11.5 Å². The van der Waals surface area contributed by atoms with E-state index in [1.54, 1.807) is 0 Å². The topological polar surface area (TPSA) is 81.8 Å². The molecule has 0 aliphatic rings. The summed E-state index contributed by atoms with van der Waals surface area (Å²) in [5.41, 5.74) is 0.160. The van der Waals surface area contributed by atoms with Gasteiger partial charge in [0.05, 0.1) is 17.1 Å². The molecule has 6 nitrogen and oxygen atoms in total. The summed E-state index contributed by atoms with van der Waals surface area (Å²) in [6.45, 7) is 4.29. The van der Waals surface area contributed by atoms with Crippen LogP contribution in [0.3, 0.4) is 0 Å². The predicted molar refractivity (Wildman–Crippen MR) is 62.9 cm³/mol. The summed E-state index contributed by atoms with van der Waals surface area (Å²) >= 11 is 0. The number of nitrogens with zero attached hydrogens (tertiary/aromatic N) is 2. The summed E-state index contributed by atoms with van der Waals surface area (Å²) in [5, 5.41) is 13.4. The van der Waals surface area contributed by atoms with Crippen LogP contribution in [0.1, 0.15) is 19.4 Å². The number of benzene rings is 1. The molecule has 0 saturated carbocycles. The van der Waals surface area contributed by atoms with E-state index in [1.165, 1.54) is 18.2 Å². The van der Waals surface area contributed by atoms with Gasteiger partial charge in [-0.15, -0.1) is 0 Å². The minimum absolute atomic E-state index is 0.110. The molecule has 0 N–H and O–H groups in total. The first-order chi connectivity index (χ1) is 8.04. The van der Waals surface area contributed by atoms with Crippen LogP contribution in [0, 0.1) is 20.9 Å². The van der Waals surface area contributed by atoms with Crippen molar-refractivity contribution in [1.29, 1.82) is 0 Å². The highest BCUT2D eigenvalue weighted by molar-refractivity contribution is 5.45. The summed E-state index contributed by atoms with van der Waals surface area (Å²) in [6, 6.07) is 4.34. The van der Waals surface area contributed by atoms with Gasteiger partial charge >= 0.3 is 0 Å². The Morgan fingerprint density at radius 1 is 1.47 bits per heavy atom. The van der Waals surface area contributed by atoms with E-state index in [0.717, 1.165) is 0 Å². The van der Waals surface area contributed by atoms with Crippen LogP contribution in [-0.2, 0) is 6.54 Å². The second kappa shape index (κ2) is 5.93. The zero-order chi connectivity index (χ0) is 12.8. The molecule has 0 aliphatic heterocycles. The lowest BCUT2D eigenvalue weighted by Gasteiger charge is -2.09. The molecule has 0 atom stereocenters. The number of hydrogen-bond donors (Lipinski definition) is 0. The molecular weight excluding hydrogens is 224 g/mol. The van der Waals surface area contributed by atoms with Gasteiger partial charge in [-0.25, -0.2) is 0 Å². The Morgan fingerprint density at radius 2 is 2.18 bits per heavy atom. The first-order valence-corrected chi connectivity index (χ1v) is 5.23. The summed E-state index contributed by atoms with van der Waals surface area (Å²) < 4.78 is 5.42. The standard InChI is InChI=1S/C11H14N2O4/c1-8(2)7-17-10-3-4-11(13(15)16)9(5-10)6-12-14/h3-5,8H,6-7H2,1-2H3. The van der Waals surface area contributed by atoms with E-state index in [-0.39, 0.29) is 17.8 Å². The minimum Gasteiger partial charge on any atom is -0.493 e. The molecule has 0 amide bonds. The fourth-order valence-electron chi connectivity index (χ4n) is 1.29. The van der Waals surface area contributed by atoms with Crippen molar-refractivity contribution in [2.75, 3.05) is 6.61 Å². The largest absolute Gasteiger partial charge is 0.493 e. The molecule has 1 aromatic rings. The van der Waals surface area contributed by atoms with Gasteiger partial charge < -0.3 is 4.74 Å². The Kier molecular flexibility index (Phi) is 4.56. The van der Waals surface area contributed by atoms with Crippen molar-refractivity contribution >= 4 is 5.69 Å². The van der Waals surface area contributed by atoms with E-state index in [0.29, 0.717) is 18.3 Å². The average molecular weight is 238 g/mol. The number of hydrogen-bond acceptors (Lipinski definition) is 5. The maximum Gasteiger partial charge on any atom is 0.274 e. The highest BCUT2D eigenvalue weighted by atomic mass is 16.6. The summed E-state index contributed by atoms with van der Waals surface area (Å²) in [7, 11) is 0. The zero-order valence-corrected chi connectivity index (χ0v) is 9.75. The molecule has 0 saturated heterocycles. The molecule has 1 rings (SSSR count). The van der Waals surface area contributed by atoms with Crippen molar-refractivity contribution < 1.29 is 9.66 Å². The molecule has 0 fully saturated rings. The van der Waals surface area contributed by atoms with Crippen molar-refractivity contribution in [3.63, 3.8) is 0 Å². The molecule has 92 valence electrons. The van der Waals surface area contributed by atoms with Gasteiger partial charge in [-0.05, 0) is 18.1 Å². The van der Waals surface area contributed by atoms with Crippen molar-refractivity contribution in [2.45, 2.75) is 20.4 Å². The van der Waals surface area contributed by atoms with Crippen LogP contribution < -0.4 is 4.74 Å². The summed E-state index contributed by atoms with van der Waals surface area (Å²) in [5.74, 6) is 0.876. The highest BCUT2D eigenvalue weighted by Crippen LogP contribution is 2.25.